The number of hydrogen-bond donors (Lipinski definition) is 2. The molecule has 79 heavy (non-hydrogen) atoms. The Morgan fingerprint density at radius 2 is 1.28 bits per heavy atom. The second-order valence-electron chi connectivity index (χ2n) is 19.7. The fourth-order valence-electron chi connectivity index (χ4n) is 11.4. The number of nitrogens with zero attached hydrogens (tertiary/aromatic N) is 3. The Bertz CT molecular complexity index is 3320. The number of pyridine rings is 3. The van der Waals surface area contributed by atoms with Crippen LogP contribution in [0, 0.1) is 26.8 Å². The van der Waals surface area contributed by atoms with E-state index in [2.05, 4.69) is 75.1 Å². The van der Waals surface area contributed by atoms with Crippen LogP contribution in [0.25, 0.3) is 55.0 Å². The number of aliphatic hydroxyl groups excluding tert-OH is 2. The Morgan fingerprint density at radius 3 is 1.95 bits per heavy atom. The maximum absolute atomic E-state index is 12.3. The van der Waals surface area contributed by atoms with Crippen molar-refractivity contribution < 1.29 is 76.2 Å². The van der Waals surface area contributed by atoms with Crippen LogP contribution in [0.2, 0.25) is 0 Å². The summed E-state index contributed by atoms with van der Waals surface area (Å²) in [6, 6.07) is 39.8. The first kappa shape index (κ1) is 64.1. The maximum Gasteiger partial charge on any atom is 0.339 e. The quantitative estimate of drug-likeness (QED) is 0.0765. The van der Waals surface area contributed by atoms with Gasteiger partial charge in [0.2, 0.25) is 0 Å². The molecule has 2 aliphatic carbocycles. The van der Waals surface area contributed by atoms with E-state index in [0.717, 1.165) is 73.1 Å². The van der Waals surface area contributed by atoms with Crippen LogP contribution in [0.5, 0.6) is 11.5 Å². The molecule has 2 saturated carbocycles. The molecule has 11 nitrogen and oxygen atoms in total. The number of hydrogen-bond acceptors (Lipinski definition) is 11. The Balaban J connectivity index is 0.000000220. The standard InChI is InChI=1S/C26H35OP.C24H20N2O4.C13H12NO3.2CH4.FH.Y/c1-20-12-11-18-24(27-2)26(20)23-17-9-10-19-25(23)28(21-13-5-3-6-14-21)22-15-7-4-8-16-22;1-13-19(23(27)24(28)29-2)21(15-5-3-4-6-17(15)26-13)16-7-8-18-20-14(10-12-30-18)9-11-25-22(16)20;1-8-10(12(15)13(16)17-2)7-9-5-3-4-6-11(9)14-8;;;;/h9-12,17-19,21-22H,3-8,13-16H2,1-2H3;3-9,11,23,27H,10,12H2,1-2H3;3-6,12,15H,1-2H3;2*1H4;1H;/q;;-1;;;;/t;23-;12-;;;;/m.00..../s1. The molecule has 2 atom stereocenters. The van der Waals surface area contributed by atoms with Crippen LogP contribution in [0.15, 0.2) is 115 Å². The summed E-state index contributed by atoms with van der Waals surface area (Å²) in [6.07, 6.45) is 14.2. The Kier molecular flexibility index (Phi) is 24.0. The number of aryl methyl sites for hydroxylation is 3. The zero-order valence-electron chi connectivity index (χ0n) is 44.9. The molecule has 0 spiro atoms. The molecule has 4 heterocycles. The molecule has 0 unspecified atom stereocenters. The first-order chi connectivity index (χ1) is 36.5. The number of halogens is 1. The van der Waals surface area contributed by atoms with Gasteiger partial charge in [0.05, 0.1) is 39.0 Å². The molecule has 3 aromatic heterocycles. The number of para-hydroxylation sites is 2. The molecular weight excluding hydrogens is 1090 g/mol. The summed E-state index contributed by atoms with van der Waals surface area (Å²) in [5, 5.41) is 24.9. The van der Waals surface area contributed by atoms with Gasteiger partial charge in [-0.05, 0) is 114 Å². The Morgan fingerprint density at radius 1 is 0.671 bits per heavy atom. The van der Waals surface area contributed by atoms with Crippen LogP contribution in [-0.4, -0.2) is 76.4 Å². The molecule has 2 N–H and O–H groups in total. The molecule has 3 aliphatic rings. The predicted molar refractivity (Wildman–Crippen MR) is 315 cm³/mol. The number of carbonyl (C=O) groups is 2. The minimum Gasteiger partial charge on any atom is -0.496 e. The van der Waals surface area contributed by atoms with Crippen LogP contribution in [0.4, 0.5) is 4.70 Å². The average molecular weight is 1170 g/mol. The molecule has 11 rings (SSSR count). The molecule has 14 heteroatoms. The fourth-order valence-corrected chi connectivity index (χ4v) is 15.4. The monoisotopic (exact) mass is 1170 g/mol. The van der Waals surface area contributed by atoms with Gasteiger partial charge in [0.25, 0.3) is 0 Å². The molecule has 415 valence electrons. The van der Waals surface area contributed by atoms with Crippen LogP contribution < -0.4 is 14.8 Å². The number of rotatable bonds is 10. The number of carbonyl (C=O) groups excluding carboxylic acids is 2. The first-order valence-electron chi connectivity index (χ1n) is 26.3. The Labute approximate surface area is 492 Å². The molecule has 0 bridgehead atoms. The summed E-state index contributed by atoms with van der Waals surface area (Å²) in [4.78, 5) is 37.2. The van der Waals surface area contributed by atoms with Gasteiger partial charge < -0.3 is 34.1 Å². The van der Waals surface area contributed by atoms with Crippen molar-refractivity contribution in [3.05, 3.63) is 155 Å². The number of fused-ring (bicyclic) bond motifs is 2. The van der Waals surface area contributed by atoms with Gasteiger partial charge in [-0.1, -0.05) is 141 Å². The summed E-state index contributed by atoms with van der Waals surface area (Å²) >= 11 is 0. The molecule has 2 fully saturated rings. The van der Waals surface area contributed by atoms with Gasteiger partial charge in [0.1, 0.15) is 11.5 Å². The van der Waals surface area contributed by atoms with Gasteiger partial charge in [-0.25, -0.2) is 9.59 Å². The number of aliphatic hydroxyl groups is 2. The van der Waals surface area contributed by atoms with E-state index in [1.165, 1.54) is 101 Å². The number of benzene rings is 5. The summed E-state index contributed by atoms with van der Waals surface area (Å²) in [5.41, 5.74) is 12.9. The van der Waals surface area contributed by atoms with Crippen molar-refractivity contribution in [2.75, 3.05) is 27.9 Å². The summed E-state index contributed by atoms with van der Waals surface area (Å²) in [6.45, 7) is 6.39. The van der Waals surface area contributed by atoms with Crippen molar-refractivity contribution in [2.24, 2.45) is 0 Å². The summed E-state index contributed by atoms with van der Waals surface area (Å²) in [7, 11) is 4.18. The largest absolute Gasteiger partial charge is 0.496 e. The molecular formula is C65H76FN3O8PY-. The van der Waals surface area contributed by atoms with Gasteiger partial charge in [-0.3, -0.25) is 14.7 Å². The van der Waals surface area contributed by atoms with E-state index in [1.807, 2.05) is 73.8 Å². The molecule has 1 aliphatic heterocycles. The van der Waals surface area contributed by atoms with Crippen LogP contribution in [-0.2, 0) is 58.2 Å². The molecule has 5 aromatic carbocycles. The average Bonchev–Trinajstić information content (AvgIpc) is 3.49. The third-order valence-electron chi connectivity index (χ3n) is 15.0. The SMILES string of the molecule is C.C.COC(=O)[C@@H](O)c1[c-]c2ccccc2nc1C.COC(=O)[C@@H](O)c1c(C)nc2ccccc2c1-c1ccc2c3c(ccnc13)CCO2.COc1cccc(C)c1-c1ccccc1P(C1CCCCC1)C1CCCCC1.F.[Y]. The zero-order chi connectivity index (χ0) is 52.6. The van der Waals surface area contributed by atoms with E-state index < -0.39 is 24.1 Å². The number of ether oxygens (including phenoxy) is 4. The topological polar surface area (TPSA) is 150 Å². The van der Waals surface area contributed by atoms with E-state index in [-0.39, 0.29) is 60.2 Å². The zero-order valence-corrected chi connectivity index (χ0v) is 48.6. The third-order valence-corrected chi connectivity index (χ3v) is 18.6. The van der Waals surface area contributed by atoms with Gasteiger partial charge in [0.15, 0.2) is 12.2 Å². The van der Waals surface area contributed by atoms with Gasteiger partial charge in [-0.2, -0.15) is 0 Å². The van der Waals surface area contributed by atoms with Crippen molar-refractivity contribution in [3.63, 3.8) is 0 Å². The second-order valence-corrected chi connectivity index (χ2v) is 22.4. The number of methoxy groups -OCH3 is 3. The predicted octanol–water partition coefficient (Wildman–Crippen LogP) is 14.3. The van der Waals surface area contributed by atoms with Crippen LogP contribution >= 0.6 is 7.92 Å². The van der Waals surface area contributed by atoms with E-state index >= 15 is 0 Å². The van der Waals surface area contributed by atoms with Gasteiger partial charge in [-0.15, -0.1) is 23.6 Å². The third kappa shape index (κ3) is 13.9. The number of aromatic nitrogens is 3. The van der Waals surface area contributed by atoms with Crippen molar-refractivity contribution in [1.29, 1.82) is 0 Å². The minimum absolute atomic E-state index is 0. The second kappa shape index (κ2) is 29.6. The summed E-state index contributed by atoms with van der Waals surface area (Å²) in [5.74, 6) is 0.389. The molecule has 0 amide bonds. The smallest absolute Gasteiger partial charge is 0.339 e. The normalized spacial score (nSPS) is 14.7. The van der Waals surface area contributed by atoms with E-state index in [9.17, 15) is 19.8 Å². The van der Waals surface area contributed by atoms with Crippen molar-refractivity contribution in [3.8, 4) is 33.8 Å². The number of esters is 2. The van der Waals surface area contributed by atoms with Crippen LogP contribution in [0.3, 0.4) is 0 Å². The molecule has 0 saturated heterocycles. The molecule has 1 radical (unpaired) electrons. The first-order valence-corrected chi connectivity index (χ1v) is 27.8. The Hall–Kier alpha value is -5.75. The van der Waals surface area contributed by atoms with E-state index in [1.54, 1.807) is 25.3 Å². The van der Waals surface area contributed by atoms with Crippen molar-refractivity contribution in [2.45, 2.75) is 130 Å². The van der Waals surface area contributed by atoms with Crippen molar-refractivity contribution >= 4 is 57.9 Å². The van der Waals surface area contributed by atoms with E-state index in [4.69, 9.17) is 14.2 Å². The summed E-state index contributed by atoms with van der Waals surface area (Å²) < 4.78 is 21.0. The van der Waals surface area contributed by atoms with Crippen molar-refractivity contribution in [1.82, 2.24) is 15.0 Å². The minimum atomic E-state index is -1.45. The van der Waals surface area contributed by atoms with Gasteiger partial charge >= 0.3 is 11.9 Å². The van der Waals surface area contributed by atoms with Crippen LogP contribution in [0.1, 0.15) is 125 Å². The van der Waals surface area contributed by atoms with Gasteiger partial charge in [0, 0.05) is 84.0 Å². The maximum atomic E-state index is 12.3. The fraction of sp³-hybridized carbons (Fsp3) is 0.369. The molecule has 8 aromatic rings. The van der Waals surface area contributed by atoms with E-state index in [0.29, 0.717) is 29.1 Å².